The fourth-order valence-electron chi connectivity index (χ4n) is 2.98. The highest BCUT2D eigenvalue weighted by Crippen LogP contribution is 2.26. The molecule has 2 aromatic carbocycles. The van der Waals surface area contributed by atoms with E-state index in [0.29, 0.717) is 11.5 Å². The van der Waals surface area contributed by atoms with Gasteiger partial charge < -0.3 is 9.47 Å². The fraction of sp³-hybridized carbons (Fsp3) is 0.320. The number of carbonyl (C=O) groups is 1. The van der Waals surface area contributed by atoms with E-state index in [-0.39, 0.29) is 0 Å². The molecule has 2 aromatic rings. The van der Waals surface area contributed by atoms with Crippen molar-refractivity contribution in [3.05, 3.63) is 71.8 Å². The molecule has 148 valence electrons. The summed E-state index contributed by atoms with van der Waals surface area (Å²) in [4.78, 5) is 12.5. The maximum Gasteiger partial charge on any atom is 0.519 e. The van der Waals surface area contributed by atoms with Gasteiger partial charge in [-0.1, -0.05) is 64.1 Å². The van der Waals surface area contributed by atoms with E-state index in [9.17, 15) is 4.79 Å². The molecule has 0 aliphatic rings. The lowest BCUT2D eigenvalue weighted by molar-refractivity contribution is 0.151. The Morgan fingerprint density at radius 1 is 0.821 bits per heavy atom. The summed E-state index contributed by atoms with van der Waals surface area (Å²) in [6.45, 7) is 11.9. The predicted octanol–water partition coefficient (Wildman–Crippen LogP) is 7.24. The molecule has 0 aliphatic heterocycles. The van der Waals surface area contributed by atoms with E-state index in [1.54, 1.807) is 12.2 Å². The summed E-state index contributed by atoms with van der Waals surface area (Å²) in [6.07, 6.45) is 8.74. The molecule has 0 atom stereocenters. The zero-order chi connectivity index (χ0) is 20.4. The lowest BCUT2D eigenvalue weighted by atomic mass is 10.0. The summed E-state index contributed by atoms with van der Waals surface area (Å²) in [5.74, 6) is 1.09. The van der Waals surface area contributed by atoms with Gasteiger partial charge in [0.25, 0.3) is 0 Å². The molecular weight excluding hydrogens is 348 g/mol. The number of hydrogen-bond acceptors (Lipinski definition) is 3. The van der Waals surface area contributed by atoms with Crippen molar-refractivity contribution >= 4 is 18.3 Å². The van der Waals surface area contributed by atoms with Gasteiger partial charge in [-0.2, -0.15) is 0 Å². The highest BCUT2D eigenvalue weighted by atomic mass is 16.7. The Labute approximate surface area is 168 Å². The number of rotatable bonds is 10. The second-order valence-corrected chi connectivity index (χ2v) is 6.80. The summed E-state index contributed by atoms with van der Waals surface area (Å²) >= 11 is 0. The van der Waals surface area contributed by atoms with Gasteiger partial charge in [-0.05, 0) is 72.2 Å². The molecule has 0 aliphatic carbocycles. The van der Waals surface area contributed by atoms with Crippen molar-refractivity contribution in [2.75, 3.05) is 0 Å². The van der Waals surface area contributed by atoms with E-state index in [0.717, 1.165) is 60.8 Å². The normalized spacial score (nSPS) is 10.4. The molecule has 3 heteroatoms. The standard InChI is InChI=1S/C25H30O3/c1-5-9-11-21-17-19(7-3)13-15-23(21)27-25(26)28-24-16-14-20(8-4)18-22(24)12-10-6-2/h7-8,13-18H,3-6,9-12H2,1-2H3. The molecule has 0 fully saturated rings. The SMILES string of the molecule is C=Cc1ccc(OC(=O)Oc2ccc(C=C)cc2CCCC)c(CCCC)c1. The minimum atomic E-state index is -0.715. The first kappa shape index (κ1) is 21.5. The number of benzene rings is 2. The third-order valence-electron chi connectivity index (χ3n) is 4.63. The van der Waals surface area contributed by atoms with Crippen molar-refractivity contribution < 1.29 is 14.3 Å². The molecule has 0 spiro atoms. The molecule has 0 aromatic heterocycles. The zero-order valence-corrected chi connectivity index (χ0v) is 17.0. The Balaban J connectivity index is 2.17. The molecule has 0 heterocycles. The molecule has 0 unspecified atom stereocenters. The number of ether oxygens (including phenoxy) is 2. The Morgan fingerprint density at radius 2 is 1.25 bits per heavy atom. The largest absolute Gasteiger partial charge is 0.519 e. The number of hydrogen-bond donors (Lipinski definition) is 0. The molecule has 28 heavy (non-hydrogen) atoms. The Kier molecular flexibility index (Phi) is 8.54. The average Bonchev–Trinajstić information content (AvgIpc) is 2.72. The summed E-state index contributed by atoms with van der Waals surface area (Å²) < 4.78 is 11.1. The van der Waals surface area contributed by atoms with Gasteiger partial charge in [-0.15, -0.1) is 0 Å². The van der Waals surface area contributed by atoms with Gasteiger partial charge in [0, 0.05) is 0 Å². The first-order valence-corrected chi connectivity index (χ1v) is 10.0. The zero-order valence-electron chi connectivity index (χ0n) is 17.0. The molecular formula is C25H30O3. The van der Waals surface area contributed by atoms with E-state index in [4.69, 9.17) is 9.47 Å². The Bertz CT molecular complexity index is 753. The third-order valence-corrected chi connectivity index (χ3v) is 4.63. The van der Waals surface area contributed by atoms with Crippen molar-refractivity contribution in [2.45, 2.75) is 52.4 Å². The molecule has 0 saturated carbocycles. The second-order valence-electron chi connectivity index (χ2n) is 6.80. The van der Waals surface area contributed by atoms with E-state index in [1.807, 2.05) is 36.4 Å². The lowest BCUT2D eigenvalue weighted by Gasteiger charge is -2.13. The van der Waals surface area contributed by atoms with Crippen LogP contribution in [0.2, 0.25) is 0 Å². The summed E-state index contributed by atoms with van der Waals surface area (Å²) in [6, 6.07) is 11.4. The van der Waals surface area contributed by atoms with Crippen molar-refractivity contribution in [2.24, 2.45) is 0 Å². The van der Waals surface area contributed by atoms with E-state index < -0.39 is 6.16 Å². The van der Waals surface area contributed by atoms with Crippen LogP contribution in [-0.2, 0) is 12.8 Å². The van der Waals surface area contributed by atoms with Crippen LogP contribution < -0.4 is 9.47 Å². The van der Waals surface area contributed by atoms with Crippen LogP contribution in [0.4, 0.5) is 4.79 Å². The topological polar surface area (TPSA) is 35.5 Å². The van der Waals surface area contributed by atoms with Crippen LogP contribution in [0.25, 0.3) is 12.2 Å². The van der Waals surface area contributed by atoms with Crippen LogP contribution in [0.5, 0.6) is 11.5 Å². The van der Waals surface area contributed by atoms with Crippen LogP contribution in [-0.4, -0.2) is 6.16 Å². The van der Waals surface area contributed by atoms with Gasteiger partial charge in [-0.25, -0.2) is 4.79 Å². The first-order valence-electron chi connectivity index (χ1n) is 10.0. The summed E-state index contributed by atoms with van der Waals surface area (Å²) in [5, 5.41) is 0. The molecule has 0 amide bonds. The highest BCUT2D eigenvalue weighted by molar-refractivity contribution is 5.69. The fourth-order valence-corrected chi connectivity index (χ4v) is 2.98. The molecule has 3 nitrogen and oxygen atoms in total. The van der Waals surface area contributed by atoms with Crippen LogP contribution in [0.15, 0.2) is 49.6 Å². The molecule has 0 saturated heterocycles. The highest BCUT2D eigenvalue weighted by Gasteiger charge is 2.14. The van der Waals surface area contributed by atoms with Crippen molar-refractivity contribution in [3.63, 3.8) is 0 Å². The summed E-state index contributed by atoms with van der Waals surface area (Å²) in [7, 11) is 0. The molecule has 2 rings (SSSR count). The predicted molar refractivity (Wildman–Crippen MR) is 117 cm³/mol. The van der Waals surface area contributed by atoms with Gasteiger partial charge in [0.15, 0.2) is 0 Å². The minimum absolute atomic E-state index is 0.543. The van der Waals surface area contributed by atoms with Gasteiger partial charge in [-0.3, -0.25) is 0 Å². The van der Waals surface area contributed by atoms with Gasteiger partial charge in [0.1, 0.15) is 11.5 Å². The maximum atomic E-state index is 12.5. The van der Waals surface area contributed by atoms with Crippen molar-refractivity contribution in [1.82, 2.24) is 0 Å². The molecule has 0 N–H and O–H groups in total. The average molecular weight is 379 g/mol. The summed E-state index contributed by atoms with van der Waals surface area (Å²) in [5.41, 5.74) is 4.00. The maximum absolute atomic E-state index is 12.5. The lowest BCUT2D eigenvalue weighted by Crippen LogP contribution is -2.16. The van der Waals surface area contributed by atoms with Crippen molar-refractivity contribution in [1.29, 1.82) is 0 Å². The van der Waals surface area contributed by atoms with Crippen LogP contribution in [0.3, 0.4) is 0 Å². The Hall–Kier alpha value is -2.81. The van der Waals surface area contributed by atoms with Crippen LogP contribution >= 0.6 is 0 Å². The second kappa shape index (κ2) is 11.1. The molecule has 0 bridgehead atoms. The van der Waals surface area contributed by atoms with Crippen LogP contribution in [0.1, 0.15) is 61.8 Å². The number of unbranched alkanes of at least 4 members (excludes halogenated alkanes) is 2. The Morgan fingerprint density at radius 3 is 1.61 bits per heavy atom. The van der Waals surface area contributed by atoms with E-state index in [1.165, 1.54) is 0 Å². The van der Waals surface area contributed by atoms with Gasteiger partial charge in [0.2, 0.25) is 0 Å². The minimum Gasteiger partial charge on any atom is -0.394 e. The quantitative estimate of drug-likeness (QED) is 0.323. The smallest absolute Gasteiger partial charge is 0.394 e. The van der Waals surface area contributed by atoms with E-state index >= 15 is 0 Å². The van der Waals surface area contributed by atoms with Crippen molar-refractivity contribution in [3.8, 4) is 11.5 Å². The first-order chi connectivity index (χ1) is 13.6. The monoisotopic (exact) mass is 378 g/mol. The number of aryl methyl sites for hydroxylation is 2. The van der Waals surface area contributed by atoms with Crippen LogP contribution in [0, 0.1) is 0 Å². The van der Waals surface area contributed by atoms with E-state index in [2.05, 4.69) is 27.0 Å². The third kappa shape index (κ3) is 6.12. The molecule has 0 radical (unpaired) electrons. The van der Waals surface area contributed by atoms with Gasteiger partial charge >= 0.3 is 6.16 Å². The number of carbonyl (C=O) groups excluding carboxylic acids is 1. The van der Waals surface area contributed by atoms with Gasteiger partial charge in [0.05, 0.1) is 0 Å².